The van der Waals surface area contributed by atoms with Gasteiger partial charge in [0.25, 0.3) is 0 Å². The van der Waals surface area contributed by atoms with Gasteiger partial charge in [0.15, 0.2) is 0 Å². The maximum atomic E-state index is 10.4. The molecule has 14 heavy (non-hydrogen) atoms. The predicted molar refractivity (Wildman–Crippen MR) is 59.5 cm³/mol. The van der Waals surface area contributed by atoms with Gasteiger partial charge in [-0.05, 0) is 24.4 Å². The number of halogens is 1. The van der Waals surface area contributed by atoms with Gasteiger partial charge in [0.05, 0.1) is 0 Å². The Kier molecular flexibility index (Phi) is 10.9. The highest BCUT2D eigenvalue weighted by Crippen LogP contribution is 2.10. The molecule has 0 saturated carbocycles. The third-order valence-corrected chi connectivity index (χ3v) is 2.47. The summed E-state index contributed by atoms with van der Waals surface area (Å²) in [6, 6.07) is 0. The lowest BCUT2D eigenvalue weighted by Crippen LogP contribution is -1.87. The lowest BCUT2D eigenvalue weighted by molar-refractivity contribution is -0.111. The van der Waals surface area contributed by atoms with Crippen LogP contribution in [0.1, 0.15) is 57.8 Å². The fourth-order valence-corrected chi connectivity index (χ4v) is 1.57. The molecule has 1 N–H and O–H groups in total. The van der Waals surface area contributed by atoms with Gasteiger partial charge < -0.3 is 5.11 Å². The van der Waals surface area contributed by atoms with Crippen LogP contribution in [0, 0.1) is 0 Å². The van der Waals surface area contributed by atoms with Gasteiger partial charge in [0, 0.05) is 13.0 Å². The largest absolute Gasteiger partial charge is 0.396 e. The Morgan fingerprint density at radius 1 is 0.857 bits per heavy atom. The van der Waals surface area contributed by atoms with Crippen LogP contribution < -0.4 is 0 Å². The van der Waals surface area contributed by atoms with E-state index >= 15 is 0 Å². The molecule has 0 heterocycles. The summed E-state index contributed by atoms with van der Waals surface area (Å²) in [5.74, 6) is 0. The van der Waals surface area contributed by atoms with E-state index in [1.807, 2.05) is 0 Å². The standard InChI is InChI=1S/C11H21ClO2/c12-11(14)9-7-5-3-1-2-4-6-8-10-13/h13H,1-10H2. The third-order valence-electron chi connectivity index (χ3n) is 2.28. The maximum Gasteiger partial charge on any atom is 0.221 e. The predicted octanol–water partition coefficient (Wildman–Crippen LogP) is 3.26. The summed E-state index contributed by atoms with van der Waals surface area (Å²) >= 11 is 5.21. The average molecular weight is 221 g/mol. The second kappa shape index (κ2) is 11.0. The van der Waals surface area contributed by atoms with Gasteiger partial charge in [-0.3, -0.25) is 4.79 Å². The molecule has 0 amide bonds. The molecule has 84 valence electrons. The van der Waals surface area contributed by atoms with Crippen molar-refractivity contribution in [1.29, 1.82) is 0 Å². The van der Waals surface area contributed by atoms with Gasteiger partial charge in [0.1, 0.15) is 0 Å². The van der Waals surface area contributed by atoms with Gasteiger partial charge in [-0.25, -0.2) is 0 Å². The van der Waals surface area contributed by atoms with Crippen LogP contribution in [0.5, 0.6) is 0 Å². The van der Waals surface area contributed by atoms with Gasteiger partial charge in [-0.15, -0.1) is 0 Å². The molecule has 3 heteroatoms. The summed E-state index contributed by atoms with van der Waals surface area (Å²) in [6.07, 6.45) is 9.52. The highest BCUT2D eigenvalue weighted by Gasteiger charge is 1.95. The normalized spacial score (nSPS) is 10.4. The fraction of sp³-hybridized carbons (Fsp3) is 0.909. The smallest absolute Gasteiger partial charge is 0.221 e. The first-order valence-electron chi connectivity index (χ1n) is 5.56. The summed E-state index contributed by atoms with van der Waals surface area (Å²) in [5, 5.41) is 8.33. The Labute approximate surface area is 91.6 Å². The van der Waals surface area contributed by atoms with Crippen molar-refractivity contribution in [2.75, 3.05) is 6.61 Å². The molecule has 0 bridgehead atoms. The van der Waals surface area contributed by atoms with E-state index in [2.05, 4.69) is 0 Å². The van der Waals surface area contributed by atoms with E-state index in [-0.39, 0.29) is 5.24 Å². The highest BCUT2D eigenvalue weighted by molar-refractivity contribution is 6.63. The van der Waals surface area contributed by atoms with E-state index in [0.717, 1.165) is 25.7 Å². The van der Waals surface area contributed by atoms with Crippen LogP contribution in [0.25, 0.3) is 0 Å². The van der Waals surface area contributed by atoms with Crippen molar-refractivity contribution in [3.63, 3.8) is 0 Å². The SMILES string of the molecule is O=C(Cl)CCCCCCCCCCO. The number of aliphatic hydroxyl groups is 1. The first-order chi connectivity index (χ1) is 6.77. The molecule has 2 nitrogen and oxygen atoms in total. The molecule has 0 aliphatic heterocycles. The minimum absolute atomic E-state index is 0.215. The highest BCUT2D eigenvalue weighted by atomic mass is 35.5. The molecule has 0 spiro atoms. The van der Waals surface area contributed by atoms with Crippen LogP contribution in [0.4, 0.5) is 0 Å². The van der Waals surface area contributed by atoms with E-state index in [1.165, 1.54) is 25.7 Å². The molecule has 0 aromatic rings. The second-order valence-electron chi connectivity index (χ2n) is 3.66. The lowest BCUT2D eigenvalue weighted by Gasteiger charge is -2.00. The van der Waals surface area contributed by atoms with Crippen LogP contribution in [0.2, 0.25) is 0 Å². The summed E-state index contributed by atoms with van der Waals surface area (Å²) in [5.41, 5.74) is 0. The quantitative estimate of drug-likeness (QED) is 0.453. The number of hydrogen-bond donors (Lipinski definition) is 1. The molecule has 0 saturated heterocycles. The van der Waals surface area contributed by atoms with Crippen LogP contribution in [0.15, 0.2) is 0 Å². The molecular formula is C11H21ClO2. The topological polar surface area (TPSA) is 37.3 Å². The van der Waals surface area contributed by atoms with Crippen molar-refractivity contribution in [3.8, 4) is 0 Å². The molecule has 0 fully saturated rings. The fourth-order valence-electron chi connectivity index (χ4n) is 1.44. The molecule has 0 radical (unpaired) electrons. The van der Waals surface area contributed by atoms with Crippen molar-refractivity contribution < 1.29 is 9.90 Å². The zero-order chi connectivity index (χ0) is 10.6. The van der Waals surface area contributed by atoms with Crippen LogP contribution >= 0.6 is 11.6 Å². The van der Waals surface area contributed by atoms with Gasteiger partial charge in [-0.2, -0.15) is 0 Å². The zero-order valence-electron chi connectivity index (χ0n) is 8.80. The van der Waals surface area contributed by atoms with E-state index in [4.69, 9.17) is 16.7 Å². The van der Waals surface area contributed by atoms with E-state index in [0.29, 0.717) is 13.0 Å². The van der Waals surface area contributed by atoms with Gasteiger partial charge >= 0.3 is 0 Å². The third kappa shape index (κ3) is 11.9. The van der Waals surface area contributed by atoms with Crippen LogP contribution in [0.3, 0.4) is 0 Å². The number of aliphatic hydroxyl groups excluding tert-OH is 1. The number of hydrogen-bond acceptors (Lipinski definition) is 2. The molecule has 0 aromatic heterocycles. The van der Waals surface area contributed by atoms with Crippen molar-refractivity contribution in [3.05, 3.63) is 0 Å². The molecule has 0 aliphatic carbocycles. The summed E-state index contributed by atoms with van der Waals surface area (Å²) in [4.78, 5) is 10.4. The molecule has 0 aromatic carbocycles. The van der Waals surface area contributed by atoms with E-state index in [9.17, 15) is 4.79 Å². The minimum atomic E-state index is -0.215. The van der Waals surface area contributed by atoms with Crippen molar-refractivity contribution >= 4 is 16.8 Å². The molecular weight excluding hydrogens is 200 g/mol. The Morgan fingerprint density at radius 2 is 1.29 bits per heavy atom. The van der Waals surface area contributed by atoms with Gasteiger partial charge in [0.2, 0.25) is 5.24 Å². The Bertz CT molecular complexity index is 137. The van der Waals surface area contributed by atoms with Crippen molar-refractivity contribution in [2.45, 2.75) is 57.8 Å². The first-order valence-corrected chi connectivity index (χ1v) is 5.94. The number of carbonyl (C=O) groups excluding carboxylic acids is 1. The maximum absolute atomic E-state index is 10.4. The molecule has 0 rings (SSSR count). The number of rotatable bonds is 10. The second-order valence-corrected chi connectivity index (χ2v) is 4.08. The molecule has 0 aliphatic rings. The average Bonchev–Trinajstić information content (AvgIpc) is 2.15. The Hall–Kier alpha value is -0.0800. The summed E-state index contributed by atoms with van der Waals surface area (Å²) < 4.78 is 0. The molecule has 0 atom stereocenters. The van der Waals surface area contributed by atoms with E-state index in [1.54, 1.807) is 0 Å². The number of unbranched alkanes of at least 4 members (excludes halogenated alkanes) is 7. The molecule has 0 unspecified atom stereocenters. The van der Waals surface area contributed by atoms with Crippen LogP contribution in [-0.2, 0) is 4.79 Å². The van der Waals surface area contributed by atoms with Crippen molar-refractivity contribution in [1.82, 2.24) is 0 Å². The Balaban J connectivity index is 2.88. The lowest BCUT2D eigenvalue weighted by atomic mass is 10.1. The minimum Gasteiger partial charge on any atom is -0.396 e. The Morgan fingerprint density at radius 3 is 1.71 bits per heavy atom. The van der Waals surface area contributed by atoms with E-state index < -0.39 is 0 Å². The monoisotopic (exact) mass is 220 g/mol. The summed E-state index contributed by atoms with van der Waals surface area (Å²) in [7, 11) is 0. The zero-order valence-corrected chi connectivity index (χ0v) is 9.56. The summed E-state index contributed by atoms with van der Waals surface area (Å²) in [6.45, 7) is 0.317. The van der Waals surface area contributed by atoms with Crippen molar-refractivity contribution in [2.24, 2.45) is 0 Å². The van der Waals surface area contributed by atoms with Crippen LogP contribution in [-0.4, -0.2) is 17.0 Å². The number of carbonyl (C=O) groups is 1. The van der Waals surface area contributed by atoms with Gasteiger partial charge in [-0.1, -0.05) is 38.5 Å². The first kappa shape index (κ1) is 13.9.